The van der Waals surface area contributed by atoms with Crippen molar-refractivity contribution in [2.24, 2.45) is 0 Å². The normalized spacial score (nSPS) is 18.6. The van der Waals surface area contributed by atoms with Gasteiger partial charge in [-0.05, 0) is 47.5 Å². The molecular formula is C18H32N4O5. The van der Waals surface area contributed by atoms with Gasteiger partial charge in [0.1, 0.15) is 17.1 Å². The van der Waals surface area contributed by atoms with Gasteiger partial charge in [0.05, 0.1) is 12.6 Å². The summed E-state index contributed by atoms with van der Waals surface area (Å²) in [7, 11) is 0. The van der Waals surface area contributed by atoms with Gasteiger partial charge >= 0.3 is 0 Å². The Balaban J connectivity index is 2.71. The highest BCUT2D eigenvalue weighted by Gasteiger charge is 2.39. The Kier molecular flexibility index (Phi) is 7.36. The van der Waals surface area contributed by atoms with Gasteiger partial charge in [0.2, 0.25) is 23.6 Å². The molecule has 4 N–H and O–H groups in total. The van der Waals surface area contributed by atoms with Gasteiger partial charge in [-0.3, -0.25) is 19.2 Å². The highest BCUT2D eigenvalue weighted by atomic mass is 16.3. The Hall–Kier alpha value is -2.16. The molecule has 0 radical (unpaired) electrons. The molecule has 27 heavy (non-hydrogen) atoms. The molecule has 0 saturated carbocycles. The monoisotopic (exact) mass is 384 g/mol. The molecule has 0 aromatic rings. The van der Waals surface area contributed by atoms with Crippen LogP contribution in [-0.2, 0) is 19.2 Å². The summed E-state index contributed by atoms with van der Waals surface area (Å²) < 4.78 is 0. The maximum absolute atomic E-state index is 12.8. The van der Waals surface area contributed by atoms with Gasteiger partial charge in [0.25, 0.3) is 0 Å². The van der Waals surface area contributed by atoms with Gasteiger partial charge in [-0.1, -0.05) is 0 Å². The van der Waals surface area contributed by atoms with Gasteiger partial charge < -0.3 is 26.0 Å². The highest BCUT2D eigenvalue weighted by molar-refractivity contribution is 5.96. The third-order valence-electron chi connectivity index (χ3n) is 4.62. The van der Waals surface area contributed by atoms with E-state index < -0.39 is 28.9 Å². The molecule has 0 aromatic carbocycles. The molecule has 1 saturated heterocycles. The predicted molar refractivity (Wildman–Crippen MR) is 99.5 cm³/mol. The first-order valence-electron chi connectivity index (χ1n) is 9.15. The van der Waals surface area contributed by atoms with Crippen LogP contribution >= 0.6 is 0 Å². The number of nitrogens with zero attached hydrogens (tertiary/aromatic N) is 1. The average Bonchev–Trinajstić information content (AvgIpc) is 3.00. The lowest BCUT2D eigenvalue weighted by atomic mass is 10.0. The van der Waals surface area contributed by atoms with E-state index in [0.29, 0.717) is 6.54 Å². The maximum Gasteiger partial charge on any atom is 0.248 e. The van der Waals surface area contributed by atoms with E-state index in [0.717, 1.165) is 12.8 Å². The number of likely N-dealkylation sites (tertiary alicyclic amines) is 1. The fraction of sp³-hybridized carbons (Fsp3) is 0.778. The summed E-state index contributed by atoms with van der Waals surface area (Å²) in [6.45, 7) is 9.49. The Bertz CT molecular complexity index is 603. The van der Waals surface area contributed by atoms with Gasteiger partial charge in [0.15, 0.2) is 0 Å². The van der Waals surface area contributed by atoms with Crippen molar-refractivity contribution >= 4 is 23.6 Å². The minimum Gasteiger partial charge on any atom is -0.394 e. The van der Waals surface area contributed by atoms with E-state index in [1.807, 2.05) is 0 Å². The van der Waals surface area contributed by atoms with Crippen LogP contribution in [0.1, 0.15) is 54.4 Å². The number of rotatable bonds is 7. The number of carbonyl (C=O) groups excluding carboxylic acids is 4. The van der Waals surface area contributed by atoms with Crippen LogP contribution in [0.4, 0.5) is 0 Å². The van der Waals surface area contributed by atoms with Crippen LogP contribution in [0.5, 0.6) is 0 Å². The van der Waals surface area contributed by atoms with Crippen LogP contribution in [0.25, 0.3) is 0 Å². The Labute approximate surface area is 160 Å². The van der Waals surface area contributed by atoms with Crippen LogP contribution < -0.4 is 16.0 Å². The molecule has 1 rings (SSSR count). The molecule has 154 valence electrons. The molecule has 1 fully saturated rings. The second kappa shape index (κ2) is 8.69. The fourth-order valence-corrected chi connectivity index (χ4v) is 3.06. The summed E-state index contributed by atoms with van der Waals surface area (Å²) in [5.74, 6) is -1.66. The van der Waals surface area contributed by atoms with E-state index in [9.17, 15) is 24.3 Å². The van der Waals surface area contributed by atoms with Crippen molar-refractivity contribution in [2.45, 2.75) is 77.5 Å². The summed E-state index contributed by atoms with van der Waals surface area (Å²) in [6, 6.07) is -1.13. The molecule has 1 aliphatic rings. The summed E-state index contributed by atoms with van der Waals surface area (Å²) in [6.07, 6.45) is 1.54. The van der Waals surface area contributed by atoms with E-state index in [-0.39, 0.29) is 24.5 Å². The van der Waals surface area contributed by atoms with Gasteiger partial charge in [-0.15, -0.1) is 0 Å². The molecule has 1 aliphatic heterocycles. The SMILES string of the molecule is CC(=O)NC(C)(C)C(=O)N[C@@H](C)C(=O)NC(C)(C)C(=O)N1CCC[C@H]1CO. The zero-order valence-corrected chi connectivity index (χ0v) is 17.0. The topological polar surface area (TPSA) is 128 Å². The minimum atomic E-state index is -1.18. The van der Waals surface area contributed by atoms with Crippen molar-refractivity contribution < 1.29 is 24.3 Å². The zero-order valence-electron chi connectivity index (χ0n) is 17.0. The molecule has 0 bridgehead atoms. The second-order valence-electron chi connectivity index (χ2n) is 8.09. The molecule has 0 unspecified atom stereocenters. The Morgan fingerprint density at radius 1 is 1.11 bits per heavy atom. The number of amides is 4. The third kappa shape index (κ3) is 5.92. The maximum atomic E-state index is 12.8. The first-order valence-corrected chi connectivity index (χ1v) is 9.15. The minimum absolute atomic E-state index is 0.111. The number of aliphatic hydroxyl groups is 1. The van der Waals surface area contributed by atoms with Gasteiger partial charge in [-0.25, -0.2) is 0 Å². The lowest BCUT2D eigenvalue weighted by Crippen LogP contribution is -2.62. The number of hydrogen-bond donors (Lipinski definition) is 4. The quantitative estimate of drug-likeness (QED) is 0.461. The van der Waals surface area contributed by atoms with Crippen LogP contribution in [0.3, 0.4) is 0 Å². The molecule has 0 aromatic heterocycles. The van der Waals surface area contributed by atoms with Crippen LogP contribution in [0, 0.1) is 0 Å². The van der Waals surface area contributed by atoms with E-state index >= 15 is 0 Å². The Morgan fingerprint density at radius 3 is 2.22 bits per heavy atom. The van der Waals surface area contributed by atoms with Crippen molar-refractivity contribution in [1.29, 1.82) is 0 Å². The fourth-order valence-electron chi connectivity index (χ4n) is 3.06. The standard InChI is InChI=1S/C18H32N4O5/c1-11(19-15(26)17(3,4)20-12(2)24)14(25)21-18(5,6)16(27)22-9-7-8-13(22)10-23/h11,13,23H,7-10H2,1-6H3,(H,19,26)(H,20,24)(H,21,25)/t11-,13-/m0/s1. The van der Waals surface area contributed by atoms with Crippen molar-refractivity contribution in [3.05, 3.63) is 0 Å². The second-order valence-corrected chi connectivity index (χ2v) is 8.09. The Morgan fingerprint density at radius 2 is 1.70 bits per heavy atom. The number of nitrogens with one attached hydrogen (secondary N) is 3. The molecule has 9 nitrogen and oxygen atoms in total. The summed E-state index contributed by atoms with van der Waals surface area (Å²) in [5, 5.41) is 17.1. The molecular weight excluding hydrogens is 352 g/mol. The van der Waals surface area contributed by atoms with E-state index in [4.69, 9.17) is 0 Å². The summed E-state index contributed by atoms with van der Waals surface area (Å²) in [5.41, 5.74) is -2.35. The van der Waals surface area contributed by atoms with Crippen molar-refractivity contribution in [1.82, 2.24) is 20.9 Å². The van der Waals surface area contributed by atoms with E-state index in [1.165, 1.54) is 27.7 Å². The van der Waals surface area contributed by atoms with Crippen LogP contribution in [0.15, 0.2) is 0 Å². The number of hydrogen-bond acceptors (Lipinski definition) is 5. The van der Waals surface area contributed by atoms with Gasteiger partial charge in [-0.2, -0.15) is 0 Å². The first kappa shape index (κ1) is 22.9. The number of aliphatic hydroxyl groups excluding tert-OH is 1. The zero-order chi connectivity index (χ0) is 21.0. The van der Waals surface area contributed by atoms with Crippen LogP contribution in [-0.4, -0.2) is 69.9 Å². The van der Waals surface area contributed by atoms with Crippen molar-refractivity contribution in [2.75, 3.05) is 13.2 Å². The van der Waals surface area contributed by atoms with Gasteiger partial charge in [0, 0.05) is 13.5 Å². The highest BCUT2D eigenvalue weighted by Crippen LogP contribution is 2.21. The molecule has 0 aliphatic carbocycles. The molecule has 0 spiro atoms. The first-order chi connectivity index (χ1) is 12.3. The molecule has 4 amide bonds. The lowest BCUT2D eigenvalue weighted by Gasteiger charge is -2.34. The van der Waals surface area contributed by atoms with Crippen molar-refractivity contribution in [3.8, 4) is 0 Å². The summed E-state index contributed by atoms with van der Waals surface area (Å²) in [4.78, 5) is 50.3. The smallest absolute Gasteiger partial charge is 0.248 e. The van der Waals surface area contributed by atoms with Crippen LogP contribution in [0.2, 0.25) is 0 Å². The number of carbonyl (C=O) groups is 4. The van der Waals surface area contributed by atoms with E-state index in [1.54, 1.807) is 18.7 Å². The third-order valence-corrected chi connectivity index (χ3v) is 4.62. The van der Waals surface area contributed by atoms with E-state index in [2.05, 4.69) is 16.0 Å². The molecule has 9 heteroatoms. The lowest BCUT2D eigenvalue weighted by molar-refractivity contribution is -0.142. The van der Waals surface area contributed by atoms with Crippen molar-refractivity contribution in [3.63, 3.8) is 0 Å². The molecule has 2 atom stereocenters. The average molecular weight is 384 g/mol. The predicted octanol–water partition coefficient (Wildman–Crippen LogP) is -0.716. The molecule has 1 heterocycles. The summed E-state index contributed by atoms with van der Waals surface area (Å²) >= 11 is 0. The largest absolute Gasteiger partial charge is 0.394 e.